The summed E-state index contributed by atoms with van der Waals surface area (Å²) in [5, 5.41) is 8.73. The highest BCUT2D eigenvalue weighted by atomic mass is 16.6. The molecule has 0 aliphatic heterocycles. The van der Waals surface area contributed by atoms with Gasteiger partial charge in [-0.05, 0) is 25.7 Å². The van der Waals surface area contributed by atoms with E-state index < -0.39 is 12.6 Å². The van der Waals surface area contributed by atoms with Crippen molar-refractivity contribution in [3.63, 3.8) is 0 Å². The van der Waals surface area contributed by atoms with Crippen molar-refractivity contribution in [2.45, 2.75) is 84.2 Å². The van der Waals surface area contributed by atoms with Crippen molar-refractivity contribution in [1.29, 1.82) is 0 Å². The molecule has 0 spiro atoms. The van der Waals surface area contributed by atoms with Crippen LogP contribution in [0.15, 0.2) is 0 Å². The molecule has 0 aromatic heterocycles. The Hall–Kier alpha value is -0.570. The maximum absolute atomic E-state index is 11.1. The van der Waals surface area contributed by atoms with Crippen molar-refractivity contribution in [1.82, 2.24) is 0 Å². The van der Waals surface area contributed by atoms with Gasteiger partial charge in [0.2, 0.25) is 0 Å². The topological polar surface area (TPSA) is 46.5 Å². The predicted octanol–water partition coefficient (Wildman–Crippen LogP) is 3.83. The van der Waals surface area contributed by atoms with E-state index in [1.54, 1.807) is 0 Å². The van der Waals surface area contributed by atoms with Crippen LogP contribution in [0.3, 0.4) is 0 Å². The molecule has 0 heterocycles. The Balaban J connectivity index is 3.80. The molecule has 0 fully saturated rings. The number of carbonyl (C=O) groups is 1. The third-order valence-corrected chi connectivity index (χ3v) is 3.19. The third kappa shape index (κ3) is 10.6. The molecule has 108 valence electrons. The molecule has 0 rings (SSSR count). The maximum atomic E-state index is 11.1. The number of aliphatic hydroxyl groups is 1. The Morgan fingerprint density at radius 3 is 1.83 bits per heavy atom. The minimum atomic E-state index is -0.500. The number of rotatable bonds is 12. The van der Waals surface area contributed by atoms with Crippen molar-refractivity contribution in [2.75, 3.05) is 6.61 Å². The van der Waals surface area contributed by atoms with Crippen LogP contribution in [0, 0.1) is 0 Å². The largest absolute Gasteiger partial charge is 0.461 e. The molecule has 0 aromatic carbocycles. The SMILES string of the molecule is CCCCCCC(CCCCCC)OC(=O)CO. The summed E-state index contributed by atoms with van der Waals surface area (Å²) in [4.78, 5) is 11.1. The van der Waals surface area contributed by atoms with Gasteiger partial charge in [-0.2, -0.15) is 0 Å². The molecular formula is C15H30O3. The van der Waals surface area contributed by atoms with E-state index in [0.29, 0.717) is 0 Å². The van der Waals surface area contributed by atoms with Crippen LogP contribution in [0.1, 0.15) is 78.1 Å². The fourth-order valence-corrected chi connectivity index (χ4v) is 2.08. The zero-order valence-corrected chi connectivity index (χ0v) is 12.1. The fourth-order valence-electron chi connectivity index (χ4n) is 2.08. The van der Waals surface area contributed by atoms with E-state index >= 15 is 0 Å². The van der Waals surface area contributed by atoms with E-state index in [1.165, 1.54) is 38.5 Å². The zero-order chi connectivity index (χ0) is 13.6. The Kier molecular flexibility index (Phi) is 12.5. The summed E-state index contributed by atoms with van der Waals surface area (Å²) in [6.45, 7) is 3.88. The van der Waals surface area contributed by atoms with Gasteiger partial charge in [0, 0.05) is 0 Å². The number of esters is 1. The first kappa shape index (κ1) is 17.4. The van der Waals surface area contributed by atoms with Gasteiger partial charge < -0.3 is 9.84 Å². The number of carbonyl (C=O) groups excluding carboxylic acids is 1. The summed E-state index contributed by atoms with van der Waals surface area (Å²) in [6.07, 6.45) is 11.5. The molecule has 0 aliphatic rings. The van der Waals surface area contributed by atoms with Gasteiger partial charge >= 0.3 is 5.97 Å². The van der Waals surface area contributed by atoms with Gasteiger partial charge in [-0.1, -0.05) is 52.4 Å². The lowest BCUT2D eigenvalue weighted by Gasteiger charge is -2.17. The number of hydrogen-bond donors (Lipinski definition) is 1. The summed E-state index contributed by atoms with van der Waals surface area (Å²) in [6, 6.07) is 0. The average molecular weight is 258 g/mol. The van der Waals surface area contributed by atoms with E-state index in [4.69, 9.17) is 9.84 Å². The molecule has 0 bridgehead atoms. The first-order chi connectivity index (χ1) is 8.74. The summed E-state index contributed by atoms with van der Waals surface area (Å²) in [7, 11) is 0. The van der Waals surface area contributed by atoms with Gasteiger partial charge in [0.15, 0.2) is 0 Å². The summed E-state index contributed by atoms with van der Waals surface area (Å²) in [5.41, 5.74) is 0. The molecule has 0 aromatic rings. The Bertz CT molecular complexity index is 180. The smallest absolute Gasteiger partial charge is 0.332 e. The molecule has 0 aliphatic carbocycles. The highest BCUT2D eigenvalue weighted by molar-refractivity contribution is 5.70. The lowest BCUT2D eigenvalue weighted by molar-refractivity contribution is -0.153. The summed E-state index contributed by atoms with van der Waals surface area (Å²) < 4.78 is 5.27. The van der Waals surface area contributed by atoms with Crippen molar-refractivity contribution < 1.29 is 14.6 Å². The van der Waals surface area contributed by atoms with Gasteiger partial charge in [-0.3, -0.25) is 0 Å². The van der Waals surface area contributed by atoms with E-state index in [-0.39, 0.29) is 6.10 Å². The van der Waals surface area contributed by atoms with E-state index in [9.17, 15) is 4.79 Å². The molecule has 18 heavy (non-hydrogen) atoms. The van der Waals surface area contributed by atoms with Crippen LogP contribution in [0.5, 0.6) is 0 Å². The lowest BCUT2D eigenvalue weighted by atomic mass is 10.0. The second kappa shape index (κ2) is 12.9. The molecule has 0 radical (unpaired) electrons. The molecule has 0 unspecified atom stereocenters. The van der Waals surface area contributed by atoms with Gasteiger partial charge in [0.25, 0.3) is 0 Å². The Morgan fingerprint density at radius 1 is 0.944 bits per heavy atom. The fraction of sp³-hybridized carbons (Fsp3) is 0.933. The molecule has 0 saturated carbocycles. The molecule has 1 N–H and O–H groups in total. The van der Waals surface area contributed by atoms with Crippen molar-refractivity contribution in [3.05, 3.63) is 0 Å². The highest BCUT2D eigenvalue weighted by Gasteiger charge is 2.13. The number of unbranched alkanes of at least 4 members (excludes halogenated alkanes) is 6. The Morgan fingerprint density at radius 2 is 1.44 bits per heavy atom. The van der Waals surface area contributed by atoms with Gasteiger partial charge in [-0.25, -0.2) is 4.79 Å². The normalized spacial score (nSPS) is 10.9. The maximum Gasteiger partial charge on any atom is 0.332 e. The van der Waals surface area contributed by atoms with Crippen LogP contribution in [0.25, 0.3) is 0 Å². The van der Waals surface area contributed by atoms with E-state index in [0.717, 1.165) is 25.7 Å². The third-order valence-electron chi connectivity index (χ3n) is 3.19. The van der Waals surface area contributed by atoms with Crippen LogP contribution in [-0.4, -0.2) is 23.8 Å². The van der Waals surface area contributed by atoms with Crippen molar-refractivity contribution in [2.24, 2.45) is 0 Å². The first-order valence-corrected chi connectivity index (χ1v) is 7.54. The molecule has 0 atom stereocenters. The molecule has 0 saturated heterocycles. The standard InChI is InChI=1S/C15H30O3/c1-3-5-7-9-11-14(18-15(17)13-16)12-10-8-6-4-2/h14,16H,3-13H2,1-2H3. The monoisotopic (exact) mass is 258 g/mol. The minimum absolute atomic E-state index is 0.0124. The van der Waals surface area contributed by atoms with E-state index in [2.05, 4.69) is 13.8 Å². The van der Waals surface area contributed by atoms with E-state index in [1.807, 2.05) is 0 Å². The van der Waals surface area contributed by atoms with Crippen molar-refractivity contribution in [3.8, 4) is 0 Å². The van der Waals surface area contributed by atoms with Crippen LogP contribution < -0.4 is 0 Å². The summed E-state index contributed by atoms with van der Waals surface area (Å²) >= 11 is 0. The second-order valence-electron chi connectivity index (χ2n) is 4.97. The number of aliphatic hydroxyl groups excluding tert-OH is 1. The second-order valence-corrected chi connectivity index (χ2v) is 4.97. The van der Waals surface area contributed by atoms with Crippen molar-refractivity contribution >= 4 is 5.97 Å². The van der Waals surface area contributed by atoms with Crippen LogP contribution in [0.2, 0.25) is 0 Å². The highest BCUT2D eigenvalue weighted by Crippen LogP contribution is 2.15. The van der Waals surface area contributed by atoms with Gasteiger partial charge in [0.1, 0.15) is 12.7 Å². The van der Waals surface area contributed by atoms with Crippen LogP contribution >= 0.6 is 0 Å². The van der Waals surface area contributed by atoms with Gasteiger partial charge in [-0.15, -0.1) is 0 Å². The molecule has 3 heteroatoms. The number of hydrogen-bond acceptors (Lipinski definition) is 3. The first-order valence-electron chi connectivity index (χ1n) is 7.54. The molecule has 3 nitrogen and oxygen atoms in total. The quantitative estimate of drug-likeness (QED) is 0.427. The minimum Gasteiger partial charge on any atom is -0.461 e. The summed E-state index contributed by atoms with van der Waals surface area (Å²) in [5.74, 6) is -0.481. The van der Waals surface area contributed by atoms with Crippen LogP contribution in [-0.2, 0) is 9.53 Å². The molecular weight excluding hydrogens is 228 g/mol. The van der Waals surface area contributed by atoms with Crippen LogP contribution in [0.4, 0.5) is 0 Å². The zero-order valence-electron chi connectivity index (χ0n) is 12.1. The lowest BCUT2D eigenvalue weighted by Crippen LogP contribution is -2.20. The average Bonchev–Trinajstić information content (AvgIpc) is 2.39. The number of ether oxygens (including phenoxy) is 1. The van der Waals surface area contributed by atoms with Gasteiger partial charge in [0.05, 0.1) is 0 Å². The Labute approximate surface area is 112 Å². The predicted molar refractivity (Wildman–Crippen MR) is 74.5 cm³/mol. The molecule has 0 amide bonds.